The van der Waals surface area contributed by atoms with Gasteiger partial charge in [0.25, 0.3) is 0 Å². The summed E-state index contributed by atoms with van der Waals surface area (Å²) >= 11 is 0. The van der Waals surface area contributed by atoms with Gasteiger partial charge in [0.2, 0.25) is 5.91 Å². The Morgan fingerprint density at radius 3 is 2.52 bits per heavy atom. The van der Waals surface area contributed by atoms with Gasteiger partial charge >= 0.3 is 0 Å². The van der Waals surface area contributed by atoms with Gasteiger partial charge in [-0.25, -0.2) is 18.2 Å². The highest BCUT2D eigenvalue weighted by Crippen LogP contribution is 2.19. The lowest BCUT2D eigenvalue weighted by atomic mass is 10.1. The molecule has 0 radical (unpaired) electrons. The molecule has 1 amide bonds. The number of ether oxygens (including phenoxy) is 1. The molecule has 0 atom stereocenters. The van der Waals surface area contributed by atoms with Crippen molar-refractivity contribution in [3.8, 4) is 11.4 Å². The van der Waals surface area contributed by atoms with Gasteiger partial charge in [-0.1, -0.05) is 0 Å². The number of benzene rings is 2. The molecule has 2 N–H and O–H groups in total. The van der Waals surface area contributed by atoms with Gasteiger partial charge < -0.3 is 10.1 Å². The molecule has 0 spiro atoms. The van der Waals surface area contributed by atoms with E-state index in [0.29, 0.717) is 36.1 Å². The van der Waals surface area contributed by atoms with Crippen LogP contribution >= 0.6 is 0 Å². The number of nitrogens with one attached hydrogen (secondary N) is 2. The monoisotopic (exact) mass is 376 g/mol. The summed E-state index contributed by atoms with van der Waals surface area (Å²) in [5.41, 5.74) is 0.951. The van der Waals surface area contributed by atoms with Crippen LogP contribution in [0.3, 0.4) is 0 Å². The molecule has 6 nitrogen and oxygen atoms in total. The Hall–Kier alpha value is -3.20. The number of rotatable bonds is 6. The van der Waals surface area contributed by atoms with E-state index in [1.165, 1.54) is 0 Å². The minimum Gasteiger partial charge on any atom is -0.377 e. The predicted molar refractivity (Wildman–Crippen MR) is 91.2 cm³/mol. The molecule has 0 aliphatic heterocycles. The lowest BCUT2D eigenvalue weighted by Crippen LogP contribution is -2.15. The lowest BCUT2D eigenvalue weighted by molar-refractivity contribution is -0.115. The third-order valence-corrected chi connectivity index (χ3v) is 3.68. The highest BCUT2D eigenvalue weighted by molar-refractivity contribution is 5.92. The molecule has 0 aliphatic rings. The topological polar surface area (TPSA) is 79.9 Å². The van der Waals surface area contributed by atoms with Crippen molar-refractivity contribution >= 4 is 11.6 Å². The number of H-pyrrole nitrogens is 1. The molecule has 9 heteroatoms. The summed E-state index contributed by atoms with van der Waals surface area (Å²) in [6.07, 6.45) is -0.425. The van der Waals surface area contributed by atoms with Crippen LogP contribution in [0.5, 0.6) is 0 Å². The summed E-state index contributed by atoms with van der Waals surface area (Å²) in [5, 5.41) is 9.38. The average molecular weight is 376 g/mol. The third-order valence-electron chi connectivity index (χ3n) is 3.68. The van der Waals surface area contributed by atoms with Crippen molar-refractivity contribution in [1.29, 1.82) is 0 Å². The summed E-state index contributed by atoms with van der Waals surface area (Å²) in [6.45, 7) is 0.307. The van der Waals surface area contributed by atoms with Gasteiger partial charge in [0.1, 0.15) is 12.4 Å². The van der Waals surface area contributed by atoms with Gasteiger partial charge in [-0.05, 0) is 30.3 Å². The number of hydrogen-bond acceptors (Lipinski definition) is 4. The molecule has 3 rings (SSSR count). The quantitative estimate of drug-likeness (QED) is 0.648. The van der Waals surface area contributed by atoms with Crippen molar-refractivity contribution in [3.63, 3.8) is 0 Å². The fraction of sp³-hybridized carbons (Fsp3) is 0.167. The molecule has 2 aromatic carbocycles. The molecule has 27 heavy (non-hydrogen) atoms. The zero-order chi connectivity index (χ0) is 19.4. The first-order valence-electron chi connectivity index (χ1n) is 7.90. The van der Waals surface area contributed by atoms with Gasteiger partial charge in [-0.3, -0.25) is 9.89 Å². The van der Waals surface area contributed by atoms with Gasteiger partial charge in [0.15, 0.2) is 23.3 Å². The Balaban J connectivity index is 1.65. The lowest BCUT2D eigenvalue weighted by Gasteiger charge is -2.07. The number of carbonyl (C=O) groups is 1. The number of aromatic amines is 1. The number of nitrogens with zero attached hydrogens (tertiary/aromatic N) is 2. The molecular formula is C18H15F3N4O2. The fourth-order valence-corrected chi connectivity index (χ4v) is 2.41. The zero-order valence-corrected chi connectivity index (χ0v) is 14.2. The SMILES string of the molecule is COCc1nc(-c2ccc(NC(=O)Cc3cc(F)c(F)cc3F)cc2)n[nH]1. The van der Waals surface area contributed by atoms with E-state index >= 15 is 0 Å². The van der Waals surface area contributed by atoms with Gasteiger partial charge in [0, 0.05) is 30.0 Å². The molecule has 0 saturated carbocycles. The molecule has 1 heterocycles. The van der Waals surface area contributed by atoms with Crippen molar-refractivity contribution in [2.75, 3.05) is 12.4 Å². The number of carbonyl (C=O) groups excluding carboxylic acids is 1. The van der Waals surface area contributed by atoms with Crippen molar-refractivity contribution < 1.29 is 22.7 Å². The highest BCUT2D eigenvalue weighted by atomic mass is 19.2. The highest BCUT2D eigenvalue weighted by Gasteiger charge is 2.13. The Morgan fingerprint density at radius 1 is 1.11 bits per heavy atom. The molecule has 0 fully saturated rings. The Kier molecular flexibility index (Phi) is 5.51. The number of hydrogen-bond donors (Lipinski definition) is 2. The maximum Gasteiger partial charge on any atom is 0.228 e. The van der Waals surface area contributed by atoms with Crippen LogP contribution in [-0.2, 0) is 22.6 Å². The van der Waals surface area contributed by atoms with Crippen molar-refractivity contribution in [2.24, 2.45) is 0 Å². The van der Waals surface area contributed by atoms with E-state index in [1.807, 2.05) is 0 Å². The second-order valence-electron chi connectivity index (χ2n) is 5.70. The first kappa shape index (κ1) is 18.6. The first-order valence-corrected chi connectivity index (χ1v) is 7.90. The van der Waals surface area contributed by atoms with Crippen LogP contribution in [0.15, 0.2) is 36.4 Å². The number of anilines is 1. The van der Waals surface area contributed by atoms with Crippen LogP contribution in [0, 0.1) is 17.5 Å². The van der Waals surface area contributed by atoms with Gasteiger partial charge in [-0.2, -0.15) is 5.10 Å². The normalized spacial score (nSPS) is 10.8. The predicted octanol–water partition coefficient (Wildman–Crippen LogP) is 3.22. The minimum absolute atomic E-state index is 0.227. The van der Waals surface area contributed by atoms with E-state index < -0.39 is 29.8 Å². The molecule has 3 aromatic rings. The van der Waals surface area contributed by atoms with Gasteiger partial charge in [0.05, 0.1) is 6.42 Å². The van der Waals surface area contributed by atoms with Crippen LogP contribution in [0.4, 0.5) is 18.9 Å². The second-order valence-corrected chi connectivity index (χ2v) is 5.70. The van der Waals surface area contributed by atoms with Crippen LogP contribution in [0.25, 0.3) is 11.4 Å². The number of amides is 1. The van der Waals surface area contributed by atoms with Crippen molar-refractivity contribution in [2.45, 2.75) is 13.0 Å². The van der Waals surface area contributed by atoms with E-state index in [9.17, 15) is 18.0 Å². The minimum atomic E-state index is -1.30. The van der Waals surface area contributed by atoms with Crippen LogP contribution in [-0.4, -0.2) is 28.2 Å². The smallest absolute Gasteiger partial charge is 0.228 e. The Morgan fingerprint density at radius 2 is 1.81 bits per heavy atom. The average Bonchev–Trinajstić information content (AvgIpc) is 3.09. The van der Waals surface area contributed by atoms with E-state index in [-0.39, 0.29) is 5.56 Å². The van der Waals surface area contributed by atoms with Crippen LogP contribution < -0.4 is 5.32 Å². The van der Waals surface area contributed by atoms with E-state index in [4.69, 9.17) is 4.74 Å². The van der Waals surface area contributed by atoms with Crippen molar-refractivity contribution in [1.82, 2.24) is 15.2 Å². The number of methoxy groups -OCH3 is 1. The summed E-state index contributed by atoms with van der Waals surface area (Å²) in [5.74, 6) is -2.98. The summed E-state index contributed by atoms with van der Waals surface area (Å²) < 4.78 is 44.7. The number of aromatic nitrogens is 3. The molecule has 0 saturated heterocycles. The van der Waals surface area contributed by atoms with E-state index in [0.717, 1.165) is 5.56 Å². The van der Waals surface area contributed by atoms with E-state index in [1.54, 1.807) is 31.4 Å². The second kappa shape index (κ2) is 8.00. The molecule has 0 unspecified atom stereocenters. The zero-order valence-electron chi connectivity index (χ0n) is 14.2. The third kappa shape index (κ3) is 4.50. The maximum atomic E-state index is 13.6. The first-order chi connectivity index (χ1) is 13.0. The molecule has 0 bridgehead atoms. The molecule has 1 aromatic heterocycles. The number of halogens is 3. The summed E-state index contributed by atoms with van der Waals surface area (Å²) in [7, 11) is 1.55. The van der Waals surface area contributed by atoms with E-state index in [2.05, 4.69) is 20.5 Å². The standard InChI is InChI=1S/C18H15F3N4O2/c1-27-9-16-23-18(25-24-16)10-2-4-12(5-3-10)22-17(26)7-11-6-14(20)15(21)8-13(11)19/h2-6,8H,7,9H2,1H3,(H,22,26)(H,23,24,25). The summed E-state index contributed by atoms with van der Waals surface area (Å²) in [4.78, 5) is 16.3. The summed E-state index contributed by atoms with van der Waals surface area (Å²) in [6, 6.07) is 7.75. The molecular weight excluding hydrogens is 361 g/mol. The molecule has 140 valence electrons. The Bertz CT molecular complexity index is 958. The van der Waals surface area contributed by atoms with Crippen LogP contribution in [0.2, 0.25) is 0 Å². The van der Waals surface area contributed by atoms with Crippen LogP contribution in [0.1, 0.15) is 11.4 Å². The largest absolute Gasteiger partial charge is 0.377 e. The fourth-order valence-electron chi connectivity index (χ4n) is 2.41. The van der Waals surface area contributed by atoms with Gasteiger partial charge in [-0.15, -0.1) is 0 Å². The van der Waals surface area contributed by atoms with Crippen molar-refractivity contribution in [3.05, 3.63) is 65.2 Å². The Labute approximate surface area is 152 Å². The molecule has 0 aliphatic carbocycles. The maximum absolute atomic E-state index is 13.6.